The monoisotopic (exact) mass is 542 g/mol. The number of benzene rings is 3. The van der Waals surface area contributed by atoms with E-state index in [9.17, 15) is 14.4 Å². The van der Waals surface area contributed by atoms with E-state index >= 15 is 0 Å². The van der Waals surface area contributed by atoms with Crippen molar-refractivity contribution in [2.24, 2.45) is 0 Å². The molecule has 1 heterocycles. The van der Waals surface area contributed by atoms with Crippen molar-refractivity contribution < 1.29 is 28.3 Å². The standard InChI is InChI=1S/C30H26N2O6S/c1-36-27-15-10-21(17-28(27)37-2)26(33)19-39-24-13-11-22(12-14-24)31-30(35)25(18-23-9-6-16-38-23)32-29(34)20-7-4-3-5-8-20/h3-18H,19H2,1-2H3,(H,31,35)(H,32,34)/b25-18-. The number of thioether (sulfide) groups is 1. The number of anilines is 1. The van der Waals surface area contributed by atoms with Gasteiger partial charge in [0.25, 0.3) is 11.8 Å². The molecule has 2 N–H and O–H groups in total. The Bertz CT molecular complexity index is 1470. The molecule has 0 saturated carbocycles. The van der Waals surface area contributed by atoms with Crippen molar-refractivity contribution in [3.05, 3.63) is 114 Å². The number of methoxy groups -OCH3 is 2. The minimum absolute atomic E-state index is 0.0257. The molecule has 0 aliphatic heterocycles. The third-order valence-corrected chi connectivity index (χ3v) is 6.56. The fraction of sp³-hybridized carbons (Fsp3) is 0.100. The third-order valence-electron chi connectivity index (χ3n) is 5.55. The molecule has 9 heteroatoms. The highest BCUT2D eigenvalue weighted by molar-refractivity contribution is 8.00. The summed E-state index contributed by atoms with van der Waals surface area (Å²) in [5.41, 5.74) is 1.49. The van der Waals surface area contributed by atoms with Gasteiger partial charge < -0.3 is 24.5 Å². The Morgan fingerprint density at radius 2 is 1.59 bits per heavy atom. The molecule has 0 atom stereocenters. The Balaban J connectivity index is 1.39. The Morgan fingerprint density at radius 3 is 2.26 bits per heavy atom. The molecule has 1 aromatic heterocycles. The normalized spacial score (nSPS) is 11.0. The van der Waals surface area contributed by atoms with Crippen LogP contribution in [0, 0.1) is 0 Å². The third kappa shape index (κ3) is 7.39. The second kappa shape index (κ2) is 13.2. The van der Waals surface area contributed by atoms with Gasteiger partial charge in [-0.3, -0.25) is 14.4 Å². The van der Waals surface area contributed by atoms with Crippen LogP contribution in [0.3, 0.4) is 0 Å². The molecule has 0 spiro atoms. The summed E-state index contributed by atoms with van der Waals surface area (Å²) in [4.78, 5) is 39.3. The van der Waals surface area contributed by atoms with E-state index in [4.69, 9.17) is 13.9 Å². The van der Waals surface area contributed by atoms with Gasteiger partial charge in [-0.2, -0.15) is 0 Å². The molecule has 0 unspecified atom stereocenters. The minimum Gasteiger partial charge on any atom is -0.493 e. The maximum atomic E-state index is 13.1. The Labute approximate surface area is 230 Å². The zero-order valence-electron chi connectivity index (χ0n) is 21.3. The summed E-state index contributed by atoms with van der Waals surface area (Å²) in [7, 11) is 3.06. The molecule has 198 valence electrons. The summed E-state index contributed by atoms with van der Waals surface area (Å²) >= 11 is 1.37. The highest BCUT2D eigenvalue weighted by Gasteiger charge is 2.16. The van der Waals surface area contributed by atoms with Crippen molar-refractivity contribution in [3.8, 4) is 11.5 Å². The second-order valence-corrected chi connectivity index (χ2v) is 9.20. The molecule has 0 bridgehead atoms. The number of rotatable bonds is 11. The van der Waals surface area contributed by atoms with Crippen LogP contribution in [0.15, 0.2) is 106 Å². The van der Waals surface area contributed by atoms with Gasteiger partial charge in [0.05, 0.1) is 26.2 Å². The Kier molecular flexibility index (Phi) is 9.20. The zero-order valence-corrected chi connectivity index (χ0v) is 22.1. The molecular formula is C30H26N2O6S. The van der Waals surface area contributed by atoms with Gasteiger partial charge in [-0.15, -0.1) is 11.8 Å². The van der Waals surface area contributed by atoms with Gasteiger partial charge in [0, 0.05) is 27.8 Å². The Hall–Kier alpha value is -4.76. The minimum atomic E-state index is -0.514. The zero-order chi connectivity index (χ0) is 27.6. The number of carbonyl (C=O) groups is 3. The predicted octanol–water partition coefficient (Wildman–Crippen LogP) is 5.68. The molecule has 0 aliphatic rings. The summed E-state index contributed by atoms with van der Waals surface area (Å²) in [5, 5.41) is 5.45. The van der Waals surface area contributed by atoms with E-state index in [0.717, 1.165) is 4.90 Å². The number of amides is 2. The lowest BCUT2D eigenvalue weighted by atomic mass is 10.1. The average Bonchev–Trinajstić information content (AvgIpc) is 3.49. The van der Waals surface area contributed by atoms with Crippen LogP contribution in [-0.2, 0) is 4.79 Å². The number of hydrogen-bond acceptors (Lipinski definition) is 7. The van der Waals surface area contributed by atoms with Gasteiger partial charge in [-0.05, 0) is 66.7 Å². The van der Waals surface area contributed by atoms with Crippen LogP contribution in [0.25, 0.3) is 6.08 Å². The van der Waals surface area contributed by atoms with Crippen LogP contribution < -0.4 is 20.1 Å². The average molecular weight is 543 g/mol. The lowest BCUT2D eigenvalue weighted by Gasteiger charge is -2.11. The molecule has 4 aromatic rings. The number of nitrogens with one attached hydrogen (secondary N) is 2. The summed E-state index contributed by atoms with van der Waals surface area (Å²) in [6.45, 7) is 0. The first-order chi connectivity index (χ1) is 19.0. The maximum absolute atomic E-state index is 13.1. The van der Waals surface area contributed by atoms with Gasteiger partial charge in [-0.1, -0.05) is 18.2 Å². The van der Waals surface area contributed by atoms with E-state index in [0.29, 0.717) is 34.1 Å². The van der Waals surface area contributed by atoms with Crippen LogP contribution in [0.1, 0.15) is 26.5 Å². The molecule has 8 nitrogen and oxygen atoms in total. The summed E-state index contributed by atoms with van der Waals surface area (Å²) < 4.78 is 15.8. The van der Waals surface area contributed by atoms with E-state index < -0.39 is 11.8 Å². The molecule has 39 heavy (non-hydrogen) atoms. The van der Waals surface area contributed by atoms with Gasteiger partial charge >= 0.3 is 0 Å². The van der Waals surface area contributed by atoms with Gasteiger partial charge in [-0.25, -0.2) is 0 Å². The van der Waals surface area contributed by atoms with Crippen LogP contribution in [0.2, 0.25) is 0 Å². The van der Waals surface area contributed by atoms with Crippen LogP contribution >= 0.6 is 11.8 Å². The first kappa shape index (κ1) is 27.3. The van der Waals surface area contributed by atoms with Gasteiger partial charge in [0.15, 0.2) is 17.3 Å². The molecule has 0 saturated heterocycles. The van der Waals surface area contributed by atoms with Crippen molar-refractivity contribution in [3.63, 3.8) is 0 Å². The van der Waals surface area contributed by atoms with E-state index in [1.165, 1.54) is 38.3 Å². The van der Waals surface area contributed by atoms with E-state index in [1.807, 2.05) is 0 Å². The van der Waals surface area contributed by atoms with Crippen molar-refractivity contribution in [1.29, 1.82) is 0 Å². The number of furan rings is 1. The number of carbonyl (C=O) groups excluding carboxylic acids is 3. The summed E-state index contributed by atoms with van der Waals surface area (Å²) in [5.74, 6) is 0.701. The second-order valence-electron chi connectivity index (χ2n) is 8.15. The number of ketones is 1. The lowest BCUT2D eigenvalue weighted by Crippen LogP contribution is -2.30. The molecular weight excluding hydrogens is 516 g/mol. The smallest absolute Gasteiger partial charge is 0.272 e. The largest absolute Gasteiger partial charge is 0.493 e. The summed E-state index contributed by atoms with van der Waals surface area (Å²) in [6.07, 6.45) is 2.94. The van der Waals surface area contributed by atoms with Crippen molar-refractivity contribution in [2.75, 3.05) is 25.3 Å². The van der Waals surface area contributed by atoms with Crippen molar-refractivity contribution >= 4 is 41.1 Å². The van der Waals surface area contributed by atoms with Crippen LogP contribution in [-0.4, -0.2) is 37.6 Å². The SMILES string of the molecule is COc1ccc(C(=O)CSc2ccc(NC(=O)/C(=C/c3ccco3)NC(=O)c3ccccc3)cc2)cc1OC. The molecule has 0 fully saturated rings. The maximum Gasteiger partial charge on any atom is 0.272 e. The first-order valence-electron chi connectivity index (χ1n) is 11.9. The van der Waals surface area contributed by atoms with Gasteiger partial charge in [0.2, 0.25) is 0 Å². The van der Waals surface area contributed by atoms with E-state index in [1.54, 1.807) is 84.9 Å². The first-order valence-corrected chi connectivity index (χ1v) is 12.9. The van der Waals surface area contributed by atoms with E-state index in [-0.39, 0.29) is 17.2 Å². The molecule has 3 aromatic carbocycles. The number of ether oxygens (including phenoxy) is 2. The summed E-state index contributed by atoms with van der Waals surface area (Å²) in [6, 6.07) is 24.1. The van der Waals surface area contributed by atoms with Crippen molar-refractivity contribution in [2.45, 2.75) is 4.90 Å². The number of hydrogen-bond donors (Lipinski definition) is 2. The highest BCUT2D eigenvalue weighted by atomic mass is 32.2. The topological polar surface area (TPSA) is 107 Å². The molecule has 0 radical (unpaired) electrons. The number of Topliss-reactive ketones (excluding diaryl/α,β-unsaturated/α-hetero) is 1. The van der Waals surface area contributed by atoms with Gasteiger partial charge in [0.1, 0.15) is 11.5 Å². The quantitative estimate of drug-likeness (QED) is 0.143. The highest BCUT2D eigenvalue weighted by Crippen LogP contribution is 2.29. The lowest BCUT2D eigenvalue weighted by molar-refractivity contribution is -0.113. The van der Waals surface area contributed by atoms with E-state index in [2.05, 4.69) is 10.6 Å². The fourth-order valence-electron chi connectivity index (χ4n) is 3.53. The van der Waals surface area contributed by atoms with Crippen LogP contribution in [0.4, 0.5) is 5.69 Å². The van der Waals surface area contributed by atoms with Crippen molar-refractivity contribution in [1.82, 2.24) is 5.32 Å². The predicted molar refractivity (Wildman–Crippen MR) is 150 cm³/mol. The molecule has 2 amide bonds. The molecule has 0 aliphatic carbocycles. The molecule has 4 rings (SSSR count). The van der Waals surface area contributed by atoms with Crippen LogP contribution in [0.5, 0.6) is 11.5 Å². The Morgan fingerprint density at radius 1 is 0.846 bits per heavy atom. The fourth-order valence-corrected chi connectivity index (χ4v) is 4.33.